The maximum absolute atomic E-state index is 13.0. The molecule has 4 aromatic rings. The number of nitrogens with zero attached hydrogens (tertiary/aromatic N) is 6. The molecular formula is C60H76Cl4N6O8. The zero-order valence-electron chi connectivity index (χ0n) is 45.0. The predicted molar refractivity (Wildman–Crippen MR) is 312 cm³/mol. The van der Waals surface area contributed by atoms with Crippen LogP contribution in [-0.4, -0.2) is 126 Å². The van der Waals surface area contributed by atoms with Gasteiger partial charge in [0.2, 0.25) is 11.8 Å². The van der Waals surface area contributed by atoms with Crippen molar-refractivity contribution in [1.82, 2.24) is 9.80 Å². The minimum atomic E-state index is -0.307. The first-order valence-corrected chi connectivity index (χ1v) is 29.8. The van der Waals surface area contributed by atoms with E-state index >= 15 is 0 Å². The Morgan fingerprint density at radius 2 is 0.833 bits per heavy atom. The number of ether oxygens (including phenoxy) is 4. The highest BCUT2D eigenvalue weighted by Crippen LogP contribution is 2.36. The molecule has 0 N–H and O–H groups in total. The van der Waals surface area contributed by atoms with Gasteiger partial charge in [-0.25, -0.2) is 0 Å². The average molecular weight is 1150 g/mol. The largest absolute Gasteiger partial charge is 0.494 e. The summed E-state index contributed by atoms with van der Waals surface area (Å²) in [6.45, 7) is 10.4. The van der Waals surface area contributed by atoms with Crippen LogP contribution in [0.15, 0.2) is 72.8 Å². The highest BCUT2D eigenvalue weighted by molar-refractivity contribution is 6.44. The SMILES string of the molecule is O=C(CCCCCCCCCCC(=O)OCN1C(=O)CCc2ccc(OCCCCN3CCN(c4cccc(Cl)c4Cl)CC3)cc21)OCN1C(=O)CCc2ccc(OCCCCN3CCN(c4cccc(Cl)c4Cl)CC3)cc21. The summed E-state index contributed by atoms with van der Waals surface area (Å²) in [5, 5.41) is 2.39. The topological polar surface area (TPSA) is 125 Å². The molecule has 0 bridgehead atoms. The summed E-state index contributed by atoms with van der Waals surface area (Å²) in [6.07, 6.45) is 13.9. The summed E-state index contributed by atoms with van der Waals surface area (Å²) in [5.74, 6) is 0.657. The number of rotatable bonds is 29. The number of piperazine rings is 2. The first-order valence-electron chi connectivity index (χ1n) is 28.3. The summed E-state index contributed by atoms with van der Waals surface area (Å²) in [6, 6.07) is 23.3. The van der Waals surface area contributed by atoms with E-state index in [0.29, 0.717) is 83.3 Å². The Kier molecular flexibility index (Phi) is 23.2. The lowest BCUT2D eigenvalue weighted by Gasteiger charge is -2.36. The Morgan fingerprint density at radius 1 is 0.436 bits per heavy atom. The van der Waals surface area contributed by atoms with Crippen molar-refractivity contribution in [3.05, 3.63) is 104 Å². The van der Waals surface area contributed by atoms with Crippen LogP contribution in [0.4, 0.5) is 22.7 Å². The Hall–Kier alpha value is -4.96. The Bertz CT molecular complexity index is 2450. The molecule has 0 saturated carbocycles. The van der Waals surface area contributed by atoms with Crippen LogP contribution in [0.3, 0.4) is 0 Å². The molecule has 0 radical (unpaired) electrons. The molecule has 4 aliphatic rings. The van der Waals surface area contributed by atoms with Gasteiger partial charge in [-0.15, -0.1) is 0 Å². The summed E-state index contributed by atoms with van der Waals surface area (Å²) >= 11 is 25.4. The van der Waals surface area contributed by atoms with Gasteiger partial charge < -0.3 is 28.7 Å². The second kappa shape index (κ2) is 30.6. The molecule has 0 unspecified atom stereocenters. The molecular weight excluding hydrogens is 1070 g/mol. The standard InChI is InChI=1S/C60H76Cl4N6O8/c61-49-15-13-17-51(59(49)63)67-35-31-65(32-36-67)29-9-11-39-75-47-25-21-45-23-27-55(71)69(53(45)41-47)43-77-57(73)19-7-5-3-1-2-4-6-8-20-58(74)78-44-70-54-42-48(26-22-46(54)24-28-56(70)72)76-40-12-10-30-66-33-37-68(38-34-66)52-18-14-16-50(62)60(52)64/h13-18,21-22,25-26,41-42H,1-12,19-20,23-24,27-40,43-44H2. The number of aryl methyl sites for hydroxylation is 2. The fourth-order valence-corrected chi connectivity index (χ4v) is 11.5. The van der Waals surface area contributed by atoms with Crippen LogP contribution in [0, 0.1) is 0 Å². The number of halogens is 4. The van der Waals surface area contributed by atoms with Crippen LogP contribution < -0.4 is 29.1 Å². The van der Waals surface area contributed by atoms with E-state index in [1.54, 1.807) is 9.80 Å². The van der Waals surface area contributed by atoms with Gasteiger partial charge in [-0.2, -0.15) is 0 Å². The molecule has 0 atom stereocenters. The normalized spacial score (nSPS) is 16.1. The number of unbranched alkanes of at least 4 members (excludes halogenated alkanes) is 9. The van der Waals surface area contributed by atoms with Gasteiger partial charge in [0.15, 0.2) is 13.5 Å². The van der Waals surface area contributed by atoms with Crippen molar-refractivity contribution in [2.24, 2.45) is 0 Å². The smallest absolute Gasteiger partial charge is 0.307 e. The van der Waals surface area contributed by atoms with Crippen molar-refractivity contribution in [2.75, 3.05) is 112 Å². The van der Waals surface area contributed by atoms with Crippen molar-refractivity contribution < 1.29 is 38.1 Å². The number of carbonyl (C=O) groups is 4. The van der Waals surface area contributed by atoms with E-state index in [2.05, 4.69) is 19.6 Å². The van der Waals surface area contributed by atoms with E-state index in [9.17, 15) is 19.2 Å². The number of carbonyl (C=O) groups excluding carboxylic acids is 4. The van der Waals surface area contributed by atoms with Gasteiger partial charge in [0, 0.05) is 90.2 Å². The monoisotopic (exact) mass is 1150 g/mol. The van der Waals surface area contributed by atoms with Crippen molar-refractivity contribution in [1.29, 1.82) is 0 Å². The molecule has 78 heavy (non-hydrogen) atoms. The molecule has 422 valence electrons. The van der Waals surface area contributed by atoms with Crippen molar-refractivity contribution in [2.45, 2.75) is 116 Å². The Balaban J connectivity index is 0.628. The van der Waals surface area contributed by atoms with Crippen molar-refractivity contribution in [3.8, 4) is 11.5 Å². The molecule has 0 aliphatic carbocycles. The van der Waals surface area contributed by atoms with Crippen molar-refractivity contribution >= 4 is 92.9 Å². The summed E-state index contributed by atoms with van der Waals surface area (Å²) < 4.78 is 23.5. The van der Waals surface area contributed by atoms with Gasteiger partial charge in [0.05, 0.1) is 56.1 Å². The summed E-state index contributed by atoms with van der Waals surface area (Å²) in [5.41, 5.74) is 5.55. The van der Waals surface area contributed by atoms with Crippen LogP contribution in [0.25, 0.3) is 0 Å². The highest BCUT2D eigenvalue weighted by atomic mass is 35.5. The van der Waals surface area contributed by atoms with Gasteiger partial charge in [-0.05, 0) is 112 Å². The third-order valence-electron chi connectivity index (χ3n) is 15.3. The number of fused-ring (bicyclic) bond motifs is 2. The number of benzene rings is 4. The zero-order chi connectivity index (χ0) is 54.6. The number of hydrogen-bond donors (Lipinski definition) is 0. The molecule has 14 nitrogen and oxygen atoms in total. The Morgan fingerprint density at radius 3 is 1.24 bits per heavy atom. The molecule has 4 aliphatic heterocycles. The lowest BCUT2D eigenvalue weighted by Crippen LogP contribution is -2.46. The molecule has 8 rings (SSSR count). The third-order valence-corrected chi connectivity index (χ3v) is 16.9. The maximum atomic E-state index is 13.0. The molecule has 0 spiro atoms. The lowest BCUT2D eigenvalue weighted by atomic mass is 10.0. The maximum Gasteiger partial charge on any atom is 0.307 e. The minimum Gasteiger partial charge on any atom is -0.494 e. The molecule has 2 fully saturated rings. The van der Waals surface area contributed by atoms with Crippen molar-refractivity contribution in [3.63, 3.8) is 0 Å². The molecule has 2 amide bonds. The van der Waals surface area contributed by atoms with E-state index in [4.69, 9.17) is 65.4 Å². The Labute approximate surface area is 481 Å². The molecule has 18 heteroatoms. The van der Waals surface area contributed by atoms with Crippen LogP contribution in [0.5, 0.6) is 11.5 Å². The van der Waals surface area contributed by atoms with Gasteiger partial charge in [0.25, 0.3) is 0 Å². The molecule has 4 aromatic carbocycles. The third kappa shape index (κ3) is 17.3. The number of hydrogen-bond acceptors (Lipinski definition) is 12. The van der Waals surface area contributed by atoms with E-state index < -0.39 is 0 Å². The van der Waals surface area contributed by atoms with E-state index in [1.165, 1.54) is 0 Å². The fourth-order valence-electron chi connectivity index (χ4n) is 10.7. The first-order chi connectivity index (χ1) is 38.0. The van der Waals surface area contributed by atoms with Crippen LogP contribution in [0.2, 0.25) is 20.1 Å². The lowest BCUT2D eigenvalue weighted by molar-refractivity contribution is -0.145. The van der Waals surface area contributed by atoms with Crippen LogP contribution >= 0.6 is 46.4 Å². The zero-order valence-corrected chi connectivity index (χ0v) is 48.0. The van der Waals surface area contributed by atoms with Gasteiger partial charge in [-0.3, -0.25) is 38.8 Å². The highest BCUT2D eigenvalue weighted by Gasteiger charge is 2.28. The van der Waals surface area contributed by atoms with Gasteiger partial charge in [0.1, 0.15) is 11.5 Å². The van der Waals surface area contributed by atoms with Gasteiger partial charge in [-0.1, -0.05) is 109 Å². The second-order valence-electron chi connectivity index (χ2n) is 20.8. The molecule has 4 heterocycles. The summed E-state index contributed by atoms with van der Waals surface area (Å²) in [4.78, 5) is 64.1. The quantitative estimate of drug-likeness (QED) is 0.0380. The predicted octanol–water partition coefficient (Wildman–Crippen LogP) is 12.4. The number of anilines is 4. The van der Waals surface area contributed by atoms with Gasteiger partial charge >= 0.3 is 11.9 Å². The fraction of sp³-hybridized carbons (Fsp3) is 0.533. The molecule has 2 saturated heterocycles. The average Bonchev–Trinajstić information content (AvgIpc) is 3.47. The van der Waals surface area contributed by atoms with E-state index in [-0.39, 0.29) is 37.2 Å². The van der Waals surface area contributed by atoms with E-state index in [0.717, 1.165) is 176 Å². The summed E-state index contributed by atoms with van der Waals surface area (Å²) in [7, 11) is 0. The number of amides is 2. The minimum absolute atomic E-state index is 0.0649. The van der Waals surface area contributed by atoms with Crippen LogP contribution in [0.1, 0.15) is 114 Å². The first kappa shape index (κ1) is 59.2. The number of esters is 2. The van der Waals surface area contributed by atoms with Crippen LogP contribution in [-0.2, 0) is 41.5 Å². The molecule has 0 aromatic heterocycles. The van der Waals surface area contributed by atoms with E-state index in [1.807, 2.05) is 72.8 Å². The second-order valence-corrected chi connectivity index (χ2v) is 22.3.